The molecule has 0 saturated carbocycles. The second-order valence-corrected chi connectivity index (χ2v) is 7.53. The zero-order valence-electron chi connectivity index (χ0n) is 13.1. The van der Waals surface area contributed by atoms with Gasteiger partial charge >= 0.3 is 0 Å². The highest BCUT2D eigenvalue weighted by Gasteiger charge is 2.15. The van der Waals surface area contributed by atoms with E-state index < -0.39 is 10.8 Å². The number of benzene rings is 2. The van der Waals surface area contributed by atoms with Crippen LogP contribution in [0.15, 0.2) is 64.0 Å². The Balaban J connectivity index is 1.93. The highest BCUT2D eigenvalue weighted by molar-refractivity contribution is 9.10. The summed E-state index contributed by atoms with van der Waals surface area (Å²) in [5.41, 5.74) is 0.972. The maximum Gasteiger partial charge on any atom is 0.227 e. The molecule has 0 aliphatic rings. The molecule has 23 heavy (non-hydrogen) atoms. The lowest BCUT2D eigenvalue weighted by molar-refractivity contribution is -0.130. The third-order valence-corrected chi connectivity index (χ3v) is 5.71. The van der Waals surface area contributed by atoms with Gasteiger partial charge in [0, 0.05) is 28.2 Å². The van der Waals surface area contributed by atoms with Crippen molar-refractivity contribution < 1.29 is 9.00 Å². The van der Waals surface area contributed by atoms with Crippen LogP contribution in [0.25, 0.3) is 0 Å². The van der Waals surface area contributed by atoms with Crippen molar-refractivity contribution in [1.29, 1.82) is 0 Å². The van der Waals surface area contributed by atoms with E-state index in [-0.39, 0.29) is 5.91 Å². The third kappa shape index (κ3) is 5.29. The van der Waals surface area contributed by atoms with Crippen LogP contribution in [0.5, 0.6) is 0 Å². The standard InChI is InChI=1S/C18H20BrNO2S/c1-2-20(12-13-23(22)16-9-4-3-5-10-16)18(21)14-15-8-6-7-11-17(15)19/h3-11H,2,12-14H2,1H3. The lowest BCUT2D eigenvalue weighted by Gasteiger charge is -2.21. The highest BCUT2D eigenvalue weighted by Crippen LogP contribution is 2.17. The van der Waals surface area contributed by atoms with Gasteiger partial charge in [0.1, 0.15) is 0 Å². The summed E-state index contributed by atoms with van der Waals surface area (Å²) >= 11 is 3.47. The summed E-state index contributed by atoms with van der Waals surface area (Å²) < 4.78 is 13.2. The lowest BCUT2D eigenvalue weighted by atomic mass is 10.1. The van der Waals surface area contributed by atoms with Crippen molar-refractivity contribution in [2.45, 2.75) is 18.2 Å². The number of amides is 1. The summed E-state index contributed by atoms with van der Waals surface area (Å²) in [7, 11) is -1.08. The maximum atomic E-state index is 12.5. The Hall–Kier alpha value is -1.46. The van der Waals surface area contributed by atoms with E-state index in [1.54, 1.807) is 4.90 Å². The van der Waals surface area contributed by atoms with Crippen LogP contribution in [0.2, 0.25) is 0 Å². The monoisotopic (exact) mass is 393 g/mol. The summed E-state index contributed by atoms with van der Waals surface area (Å²) in [6.45, 7) is 3.07. The van der Waals surface area contributed by atoms with Crippen LogP contribution in [0, 0.1) is 0 Å². The van der Waals surface area contributed by atoms with Gasteiger partial charge in [-0.1, -0.05) is 52.3 Å². The van der Waals surface area contributed by atoms with Gasteiger partial charge in [-0.25, -0.2) is 0 Å². The minimum absolute atomic E-state index is 0.0597. The van der Waals surface area contributed by atoms with Crippen molar-refractivity contribution in [2.75, 3.05) is 18.8 Å². The van der Waals surface area contributed by atoms with E-state index in [0.29, 0.717) is 25.3 Å². The first-order valence-corrected chi connectivity index (χ1v) is 9.67. The van der Waals surface area contributed by atoms with E-state index in [2.05, 4.69) is 15.9 Å². The van der Waals surface area contributed by atoms with Crippen LogP contribution >= 0.6 is 15.9 Å². The Bertz CT molecular complexity index is 676. The molecule has 0 aliphatic heterocycles. The molecule has 0 heterocycles. The molecule has 1 amide bonds. The fourth-order valence-electron chi connectivity index (χ4n) is 2.26. The summed E-state index contributed by atoms with van der Waals surface area (Å²) in [4.78, 5) is 15.0. The van der Waals surface area contributed by atoms with Crippen molar-refractivity contribution in [1.82, 2.24) is 4.90 Å². The number of hydrogen-bond acceptors (Lipinski definition) is 2. The molecule has 1 unspecified atom stereocenters. The molecule has 5 heteroatoms. The van der Waals surface area contributed by atoms with E-state index >= 15 is 0 Å². The lowest BCUT2D eigenvalue weighted by Crippen LogP contribution is -2.35. The van der Waals surface area contributed by atoms with Crippen molar-refractivity contribution in [3.05, 3.63) is 64.6 Å². The number of nitrogens with zero attached hydrogens (tertiary/aromatic N) is 1. The van der Waals surface area contributed by atoms with E-state index in [4.69, 9.17) is 0 Å². The van der Waals surface area contributed by atoms with E-state index in [0.717, 1.165) is 14.9 Å². The van der Waals surface area contributed by atoms with Gasteiger partial charge in [0.15, 0.2) is 0 Å². The molecule has 2 aromatic rings. The zero-order valence-corrected chi connectivity index (χ0v) is 15.5. The molecule has 1 atom stereocenters. The van der Waals surface area contributed by atoms with Crippen LogP contribution in [0.4, 0.5) is 0 Å². The molecule has 122 valence electrons. The van der Waals surface area contributed by atoms with Gasteiger partial charge in [-0.3, -0.25) is 9.00 Å². The average Bonchev–Trinajstić information content (AvgIpc) is 2.58. The molecule has 0 bridgehead atoms. The van der Waals surface area contributed by atoms with Crippen LogP contribution in [-0.2, 0) is 22.0 Å². The van der Waals surface area contributed by atoms with Gasteiger partial charge in [-0.2, -0.15) is 0 Å². The second-order valence-electron chi connectivity index (χ2n) is 5.10. The molecular formula is C18H20BrNO2S. The molecule has 0 spiro atoms. The second kappa shape index (κ2) is 8.99. The number of halogens is 1. The van der Waals surface area contributed by atoms with E-state index in [9.17, 15) is 9.00 Å². The van der Waals surface area contributed by atoms with Gasteiger partial charge in [0.25, 0.3) is 0 Å². The van der Waals surface area contributed by atoms with Gasteiger partial charge < -0.3 is 4.90 Å². The normalized spacial score (nSPS) is 11.9. The molecule has 0 aliphatic carbocycles. The summed E-state index contributed by atoms with van der Waals surface area (Å²) in [6, 6.07) is 17.1. The van der Waals surface area contributed by atoms with Crippen LogP contribution in [0.1, 0.15) is 12.5 Å². The SMILES string of the molecule is CCN(CCS(=O)c1ccccc1)C(=O)Cc1ccccc1Br. The van der Waals surface area contributed by atoms with Gasteiger partial charge in [0.2, 0.25) is 5.91 Å². The minimum Gasteiger partial charge on any atom is -0.342 e. The fourth-order valence-corrected chi connectivity index (χ4v) is 3.77. The number of hydrogen-bond donors (Lipinski definition) is 0. The fraction of sp³-hybridized carbons (Fsp3) is 0.278. The Morgan fingerprint density at radius 3 is 2.39 bits per heavy atom. The van der Waals surface area contributed by atoms with Crippen LogP contribution in [-0.4, -0.2) is 33.9 Å². The van der Waals surface area contributed by atoms with Crippen LogP contribution < -0.4 is 0 Å². The van der Waals surface area contributed by atoms with E-state index in [1.165, 1.54) is 0 Å². The molecule has 0 saturated heterocycles. The molecule has 0 aromatic heterocycles. The van der Waals surface area contributed by atoms with E-state index in [1.807, 2.05) is 61.5 Å². The minimum atomic E-state index is -1.08. The molecule has 3 nitrogen and oxygen atoms in total. The van der Waals surface area contributed by atoms with Gasteiger partial charge in [-0.05, 0) is 30.7 Å². The topological polar surface area (TPSA) is 37.4 Å². The predicted octanol–water partition coefficient (Wildman–Crippen LogP) is 3.65. The Morgan fingerprint density at radius 2 is 1.74 bits per heavy atom. The van der Waals surface area contributed by atoms with Crippen molar-refractivity contribution in [3.8, 4) is 0 Å². The number of carbonyl (C=O) groups is 1. The Kier molecular flexibility index (Phi) is 6.99. The van der Waals surface area contributed by atoms with Crippen molar-refractivity contribution >= 4 is 32.6 Å². The number of rotatable bonds is 7. The first-order valence-electron chi connectivity index (χ1n) is 7.56. The molecule has 0 radical (unpaired) electrons. The summed E-state index contributed by atoms with van der Waals surface area (Å²) in [5, 5.41) is 0. The summed E-state index contributed by atoms with van der Waals surface area (Å²) in [6.07, 6.45) is 0.354. The highest BCUT2D eigenvalue weighted by atomic mass is 79.9. The maximum absolute atomic E-state index is 12.5. The first kappa shape index (κ1) is 17.9. The van der Waals surface area contributed by atoms with Crippen LogP contribution in [0.3, 0.4) is 0 Å². The van der Waals surface area contributed by atoms with Crippen molar-refractivity contribution in [2.24, 2.45) is 0 Å². The quantitative estimate of drug-likeness (QED) is 0.719. The Morgan fingerprint density at radius 1 is 1.09 bits per heavy atom. The van der Waals surface area contributed by atoms with Gasteiger partial charge in [-0.15, -0.1) is 0 Å². The Labute approximate surface area is 148 Å². The smallest absolute Gasteiger partial charge is 0.227 e. The van der Waals surface area contributed by atoms with Gasteiger partial charge in [0.05, 0.1) is 17.2 Å². The molecule has 0 N–H and O–H groups in total. The molecule has 2 aromatic carbocycles. The summed E-state index contributed by atoms with van der Waals surface area (Å²) in [5.74, 6) is 0.518. The molecular weight excluding hydrogens is 374 g/mol. The number of likely N-dealkylation sites (N-methyl/N-ethyl adjacent to an activating group) is 1. The van der Waals surface area contributed by atoms with Crippen molar-refractivity contribution in [3.63, 3.8) is 0 Å². The average molecular weight is 394 g/mol. The zero-order chi connectivity index (χ0) is 16.7. The number of carbonyl (C=O) groups excluding carboxylic acids is 1. The first-order chi connectivity index (χ1) is 11.1. The third-order valence-electron chi connectivity index (χ3n) is 3.59. The molecule has 0 fully saturated rings. The predicted molar refractivity (Wildman–Crippen MR) is 97.8 cm³/mol. The largest absolute Gasteiger partial charge is 0.342 e. The molecule has 2 rings (SSSR count).